The van der Waals surface area contributed by atoms with Crippen LogP contribution in [0.15, 0.2) is 18.2 Å². The van der Waals surface area contributed by atoms with E-state index in [9.17, 15) is 9.59 Å². The first-order valence-electron chi connectivity index (χ1n) is 9.39. The highest BCUT2D eigenvalue weighted by Crippen LogP contribution is 2.38. The van der Waals surface area contributed by atoms with Gasteiger partial charge in [-0.3, -0.25) is 4.79 Å². The molecule has 2 aromatic rings. The van der Waals surface area contributed by atoms with E-state index < -0.39 is 0 Å². The lowest BCUT2D eigenvalue weighted by Crippen LogP contribution is -2.17. The third-order valence-corrected chi connectivity index (χ3v) is 5.92. The van der Waals surface area contributed by atoms with E-state index in [1.807, 2.05) is 6.07 Å². The zero-order valence-corrected chi connectivity index (χ0v) is 17.2. The Hall–Kier alpha value is -2.54. The molecule has 0 saturated heterocycles. The van der Waals surface area contributed by atoms with Crippen LogP contribution >= 0.6 is 11.3 Å². The molecule has 1 amide bonds. The molecule has 1 heterocycles. The molecule has 28 heavy (non-hydrogen) atoms. The molecule has 3 rings (SSSR count). The van der Waals surface area contributed by atoms with Crippen molar-refractivity contribution in [2.75, 3.05) is 26.1 Å². The lowest BCUT2D eigenvalue weighted by Gasteiger charge is -2.12. The molecule has 150 valence electrons. The monoisotopic (exact) mass is 403 g/mol. The number of nitrogens with one attached hydrogen (secondary N) is 1. The summed E-state index contributed by atoms with van der Waals surface area (Å²) in [7, 11) is 3.13. The van der Waals surface area contributed by atoms with E-state index in [2.05, 4.69) is 5.32 Å². The van der Waals surface area contributed by atoms with Crippen LogP contribution in [0.5, 0.6) is 11.5 Å². The Morgan fingerprint density at radius 2 is 1.86 bits per heavy atom. The van der Waals surface area contributed by atoms with Gasteiger partial charge in [0.1, 0.15) is 5.00 Å². The molecule has 0 radical (unpaired) electrons. The summed E-state index contributed by atoms with van der Waals surface area (Å²) in [6.07, 6.45) is 4.12. The number of anilines is 1. The van der Waals surface area contributed by atoms with Crippen LogP contribution in [-0.2, 0) is 28.8 Å². The van der Waals surface area contributed by atoms with Gasteiger partial charge in [-0.05, 0) is 55.9 Å². The summed E-state index contributed by atoms with van der Waals surface area (Å²) in [6, 6.07) is 5.38. The number of hydrogen-bond acceptors (Lipinski definition) is 6. The number of fused-ring (bicyclic) bond motifs is 1. The minimum absolute atomic E-state index is 0.172. The van der Waals surface area contributed by atoms with E-state index in [1.165, 1.54) is 16.2 Å². The predicted molar refractivity (Wildman–Crippen MR) is 109 cm³/mol. The van der Waals surface area contributed by atoms with Gasteiger partial charge in [0.05, 0.1) is 32.8 Å². The average molecular weight is 404 g/mol. The molecule has 0 atom stereocenters. The van der Waals surface area contributed by atoms with Crippen LogP contribution in [-0.4, -0.2) is 32.7 Å². The second-order valence-corrected chi connectivity index (χ2v) is 7.65. The number of rotatable bonds is 7. The van der Waals surface area contributed by atoms with Crippen LogP contribution in [0.4, 0.5) is 5.00 Å². The lowest BCUT2D eigenvalue weighted by molar-refractivity contribution is -0.115. The maximum Gasteiger partial charge on any atom is 0.341 e. The van der Waals surface area contributed by atoms with Crippen LogP contribution in [0.2, 0.25) is 0 Å². The highest BCUT2D eigenvalue weighted by atomic mass is 32.1. The highest BCUT2D eigenvalue weighted by Gasteiger charge is 2.27. The Morgan fingerprint density at radius 1 is 1.11 bits per heavy atom. The van der Waals surface area contributed by atoms with Crippen LogP contribution < -0.4 is 14.8 Å². The van der Waals surface area contributed by atoms with E-state index in [0.29, 0.717) is 28.7 Å². The minimum Gasteiger partial charge on any atom is -0.493 e. The quantitative estimate of drug-likeness (QED) is 0.708. The summed E-state index contributed by atoms with van der Waals surface area (Å²) in [6.45, 7) is 2.09. The number of thiophene rings is 1. The van der Waals surface area contributed by atoms with Crippen molar-refractivity contribution in [1.29, 1.82) is 0 Å². The molecule has 1 N–H and O–H groups in total. The van der Waals surface area contributed by atoms with Gasteiger partial charge in [-0.1, -0.05) is 6.07 Å². The topological polar surface area (TPSA) is 73.9 Å². The van der Waals surface area contributed by atoms with E-state index in [0.717, 1.165) is 36.8 Å². The molecule has 0 unspecified atom stereocenters. The fraction of sp³-hybridized carbons (Fsp3) is 0.429. The van der Waals surface area contributed by atoms with E-state index >= 15 is 0 Å². The highest BCUT2D eigenvalue weighted by molar-refractivity contribution is 7.17. The normalized spacial score (nSPS) is 12.8. The third-order valence-electron chi connectivity index (χ3n) is 4.72. The standard InChI is InChI=1S/C21H25NO5S/c1-4-27-21(24)19-14-7-5-6-8-17(14)28-20(19)22-18(23)12-13-9-10-15(25-2)16(11-13)26-3/h9-11H,4-8,12H2,1-3H3,(H,22,23). The summed E-state index contributed by atoms with van der Waals surface area (Å²) in [5, 5.41) is 3.52. The molecule has 1 aromatic carbocycles. The van der Waals surface area contributed by atoms with Crippen LogP contribution in [0.3, 0.4) is 0 Å². The molecule has 7 heteroatoms. The molecule has 0 bridgehead atoms. The van der Waals surface area contributed by atoms with Crippen molar-refractivity contribution >= 4 is 28.2 Å². The summed E-state index contributed by atoms with van der Waals surface area (Å²) >= 11 is 1.49. The van der Waals surface area contributed by atoms with Crippen molar-refractivity contribution < 1.29 is 23.8 Å². The largest absolute Gasteiger partial charge is 0.493 e. The Balaban J connectivity index is 1.80. The van der Waals surface area contributed by atoms with Gasteiger partial charge in [-0.25, -0.2) is 4.79 Å². The first kappa shape index (κ1) is 20.2. The number of benzene rings is 1. The molecule has 0 aliphatic heterocycles. The molecule has 6 nitrogen and oxygen atoms in total. The molecule has 0 fully saturated rings. The Labute approximate surface area is 168 Å². The van der Waals surface area contributed by atoms with Crippen molar-refractivity contribution in [2.45, 2.75) is 39.0 Å². The molecule has 0 saturated carbocycles. The Bertz CT molecular complexity index is 874. The summed E-state index contributed by atoms with van der Waals surface area (Å²) in [5.74, 6) is 0.647. The van der Waals surface area contributed by atoms with Gasteiger partial charge in [-0.15, -0.1) is 11.3 Å². The number of methoxy groups -OCH3 is 2. The van der Waals surface area contributed by atoms with Crippen LogP contribution in [0, 0.1) is 0 Å². The minimum atomic E-state index is -0.358. The Morgan fingerprint density at radius 3 is 2.57 bits per heavy atom. The number of esters is 1. The van der Waals surface area contributed by atoms with Gasteiger partial charge < -0.3 is 19.5 Å². The summed E-state index contributed by atoms with van der Waals surface area (Å²) < 4.78 is 15.8. The second-order valence-electron chi connectivity index (χ2n) is 6.55. The van der Waals surface area contributed by atoms with Gasteiger partial charge in [0.25, 0.3) is 0 Å². The maximum atomic E-state index is 12.7. The van der Waals surface area contributed by atoms with E-state index in [1.54, 1.807) is 33.3 Å². The van der Waals surface area contributed by atoms with Crippen LogP contribution in [0.25, 0.3) is 0 Å². The number of hydrogen-bond donors (Lipinski definition) is 1. The number of amides is 1. The van der Waals surface area contributed by atoms with Crippen molar-refractivity contribution in [3.05, 3.63) is 39.8 Å². The zero-order chi connectivity index (χ0) is 20.1. The first-order valence-corrected chi connectivity index (χ1v) is 10.2. The number of aryl methyl sites for hydroxylation is 1. The smallest absolute Gasteiger partial charge is 0.341 e. The molecule has 1 aromatic heterocycles. The van der Waals surface area contributed by atoms with Crippen molar-refractivity contribution in [3.63, 3.8) is 0 Å². The summed E-state index contributed by atoms with van der Waals surface area (Å²) in [4.78, 5) is 26.3. The van der Waals surface area contributed by atoms with Gasteiger partial charge in [0.2, 0.25) is 5.91 Å². The van der Waals surface area contributed by atoms with Gasteiger partial charge in [-0.2, -0.15) is 0 Å². The fourth-order valence-corrected chi connectivity index (χ4v) is 4.71. The van der Waals surface area contributed by atoms with Crippen molar-refractivity contribution in [3.8, 4) is 11.5 Å². The fourth-order valence-electron chi connectivity index (χ4n) is 3.42. The lowest BCUT2D eigenvalue weighted by atomic mass is 9.95. The van der Waals surface area contributed by atoms with Crippen molar-refractivity contribution in [1.82, 2.24) is 0 Å². The molecule has 1 aliphatic rings. The van der Waals surface area contributed by atoms with Crippen molar-refractivity contribution in [2.24, 2.45) is 0 Å². The van der Waals surface area contributed by atoms with Crippen LogP contribution in [0.1, 0.15) is 46.1 Å². The number of carbonyl (C=O) groups is 2. The number of carbonyl (C=O) groups excluding carboxylic acids is 2. The molecular weight excluding hydrogens is 378 g/mol. The molecule has 0 spiro atoms. The SMILES string of the molecule is CCOC(=O)c1c(NC(=O)Cc2ccc(OC)c(OC)c2)sc2c1CCCC2. The van der Waals surface area contributed by atoms with Gasteiger partial charge in [0.15, 0.2) is 11.5 Å². The summed E-state index contributed by atoms with van der Waals surface area (Å²) in [5.41, 5.74) is 2.37. The average Bonchev–Trinajstić information content (AvgIpc) is 3.05. The number of ether oxygens (including phenoxy) is 3. The van der Waals surface area contributed by atoms with E-state index in [4.69, 9.17) is 14.2 Å². The van der Waals surface area contributed by atoms with Gasteiger partial charge in [0, 0.05) is 4.88 Å². The Kier molecular flexibility index (Phi) is 6.57. The first-order chi connectivity index (χ1) is 13.6. The second kappa shape index (κ2) is 9.10. The maximum absolute atomic E-state index is 12.7. The third kappa shape index (κ3) is 4.30. The predicted octanol–water partition coefficient (Wildman–Crippen LogP) is 4.00. The molecule has 1 aliphatic carbocycles. The zero-order valence-electron chi connectivity index (χ0n) is 16.4. The van der Waals surface area contributed by atoms with E-state index in [-0.39, 0.29) is 18.3 Å². The molecular formula is C21H25NO5S. The van der Waals surface area contributed by atoms with Gasteiger partial charge >= 0.3 is 5.97 Å².